The van der Waals surface area contributed by atoms with Crippen molar-refractivity contribution in [2.75, 3.05) is 13.6 Å². The van der Waals surface area contributed by atoms with Gasteiger partial charge in [0, 0.05) is 13.6 Å². The number of amidine groups is 1. The Morgan fingerprint density at radius 2 is 2.53 bits per heavy atom. The second-order valence-corrected chi connectivity index (χ2v) is 3.87. The number of hydrogen-bond acceptors (Lipinski definition) is 3. The van der Waals surface area contributed by atoms with Crippen molar-refractivity contribution in [1.82, 2.24) is 10.2 Å². The van der Waals surface area contributed by atoms with Crippen molar-refractivity contribution in [2.24, 2.45) is 10.9 Å². The maximum absolute atomic E-state index is 10.9. The smallest absolute Gasteiger partial charge is 0.229 e. The summed E-state index contributed by atoms with van der Waals surface area (Å²) in [7, 11) is 1.88. The molecule has 0 aromatic heterocycles. The van der Waals surface area contributed by atoms with Gasteiger partial charge in [0.2, 0.25) is 12.1 Å². The van der Waals surface area contributed by atoms with Gasteiger partial charge in [0.25, 0.3) is 0 Å². The van der Waals surface area contributed by atoms with Gasteiger partial charge in [-0.15, -0.1) is 0 Å². The maximum Gasteiger partial charge on any atom is 0.229 e. The first kappa shape index (κ1) is 9.71. The first-order valence-corrected chi connectivity index (χ1v) is 4.79. The Kier molecular flexibility index (Phi) is 2.19. The van der Waals surface area contributed by atoms with Gasteiger partial charge in [-0.3, -0.25) is 4.79 Å². The fourth-order valence-corrected chi connectivity index (χ4v) is 1.80. The van der Waals surface area contributed by atoms with Crippen LogP contribution >= 0.6 is 0 Å². The molecule has 15 heavy (non-hydrogen) atoms. The van der Waals surface area contributed by atoms with E-state index in [0.29, 0.717) is 5.84 Å². The zero-order valence-electron chi connectivity index (χ0n) is 8.69. The van der Waals surface area contributed by atoms with Gasteiger partial charge in [-0.05, 0) is 12.5 Å². The van der Waals surface area contributed by atoms with Crippen LogP contribution in [0.15, 0.2) is 16.6 Å². The first-order valence-electron chi connectivity index (χ1n) is 4.79. The molecule has 1 heterocycles. The van der Waals surface area contributed by atoms with Crippen molar-refractivity contribution < 1.29 is 4.79 Å². The largest absolute Gasteiger partial charge is 0.359 e. The van der Waals surface area contributed by atoms with Crippen LogP contribution in [0, 0.1) is 17.4 Å². The summed E-state index contributed by atoms with van der Waals surface area (Å²) in [5.74, 6) is 0.905. The van der Waals surface area contributed by atoms with Gasteiger partial charge < -0.3 is 10.2 Å². The number of nitriles is 1. The van der Waals surface area contributed by atoms with E-state index in [4.69, 9.17) is 5.26 Å². The summed E-state index contributed by atoms with van der Waals surface area (Å²) >= 11 is 0. The quantitative estimate of drug-likeness (QED) is 0.224. The molecule has 0 spiro atoms. The topological polar surface area (TPSA) is 68.5 Å². The predicted octanol–water partition coefficient (Wildman–Crippen LogP) is -0.128. The Morgan fingerprint density at radius 1 is 1.80 bits per heavy atom. The van der Waals surface area contributed by atoms with Gasteiger partial charge in [-0.25, -0.2) is 0 Å². The molecule has 2 aliphatic rings. The summed E-state index contributed by atoms with van der Waals surface area (Å²) in [5.41, 5.74) is 1.20. The molecular weight excluding hydrogens is 192 g/mol. The highest BCUT2D eigenvalue weighted by atomic mass is 16.2. The van der Waals surface area contributed by atoms with Crippen LogP contribution in [0.3, 0.4) is 0 Å². The second kappa shape index (κ2) is 3.39. The fraction of sp³-hybridized carbons (Fsp3) is 0.500. The number of hydrogen-bond donors (Lipinski definition) is 1. The first-order chi connectivity index (χ1) is 7.13. The molecule has 2 rings (SSSR count). The second-order valence-electron chi connectivity index (χ2n) is 3.87. The van der Waals surface area contributed by atoms with Crippen LogP contribution in [0.4, 0.5) is 0 Å². The number of likely N-dealkylation sites (N-methyl/N-ethyl adjacent to an activating group) is 1. The third-order valence-corrected chi connectivity index (χ3v) is 2.94. The third kappa shape index (κ3) is 1.48. The molecule has 0 saturated carbocycles. The highest BCUT2D eigenvalue weighted by molar-refractivity contribution is 5.92. The van der Waals surface area contributed by atoms with Gasteiger partial charge in [0.1, 0.15) is 5.84 Å². The molecule has 0 aromatic rings. The Hall–Kier alpha value is -1.83. The van der Waals surface area contributed by atoms with Crippen molar-refractivity contribution in [2.45, 2.75) is 13.0 Å². The fourth-order valence-electron chi connectivity index (χ4n) is 1.80. The standard InChI is InChI=1S/C10H12N4O/c1-6(12-5-11)14(2)4-7-3-8-9(7)13-10(8)15/h3,8-9H,4H2,1-2H3,(H,13,15). The minimum Gasteiger partial charge on any atom is -0.359 e. The lowest BCUT2D eigenvalue weighted by molar-refractivity contribution is -0.133. The molecule has 2 atom stereocenters. The summed E-state index contributed by atoms with van der Waals surface area (Å²) in [6, 6.07) is 0.231. The Morgan fingerprint density at radius 3 is 3.00 bits per heavy atom. The minimum absolute atomic E-state index is 0.0987. The van der Waals surface area contributed by atoms with Crippen LogP contribution in [0.5, 0.6) is 0 Å². The molecule has 0 radical (unpaired) electrons. The molecule has 5 nitrogen and oxygen atoms in total. The SMILES string of the molecule is CC(=NC#N)N(C)CC1=CC2C(=O)NC12. The number of carbonyl (C=O) groups is 1. The summed E-state index contributed by atoms with van der Waals surface area (Å²) in [6.07, 6.45) is 3.74. The van der Waals surface area contributed by atoms with E-state index in [9.17, 15) is 4.79 Å². The lowest BCUT2D eigenvalue weighted by atomic mass is 9.73. The lowest BCUT2D eigenvalue weighted by Crippen LogP contribution is -2.64. The van der Waals surface area contributed by atoms with E-state index in [-0.39, 0.29) is 17.9 Å². The minimum atomic E-state index is 0.0987. The molecule has 1 aliphatic heterocycles. The van der Waals surface area contributed by atoms with Gasteiger partial charge >= 0.3 is 0 Å². The average Bonchev–Trinajstić information content (AvgIpc) is 2.20. The molecule has 0 bridgehead atoms. The molecule has 1 saturated heterocycles. The molecule has 0 aromatic carbocycles. The number of amides is 1. The number of fused-ring (bicyclic) bond motifs is 1. The predicted molar refractivity (Wildman–Crippen MR) is 54.9 cm³/mol. The van der Waals surface area contributed by atoms with E-state index in [2.05, 4.69) is 10.3 Å². The number of β-lactam (4-membered cyclic amide) rings is 1. The molecule has 1 amide bonds. The van der Waals surface area contributed by atoms with Crippen LogP contribution in [0.2, 0.25) is 0 Å². The molecule has 2 unspecified atom stereocenters. The molecule has 5 heteroatoms. The number of nitrogens with zero attached hydrogens (tertiary/aromatic N) is 3. The summed E-state index contributed by atoms with van der Waals surface area (Å²) in [4.78, 5) is 16.5. The van der Waals surface area contributed by atoms with Crippen LogP contribution in [0.1, 0.15) is 6.92 Å². The highest BCUT2D eigenvalue weighted by Gasteiger charge is 2.46. The van der Waals surface area contributed by atoms with Crippen molar-refractivity contribution in [3.8, 4) is 6.19 Å². The molecule has 1 fully saturated rings. The molecule has 78 valence electrons. The van der Waals surface area contributed by atoms with Crippen LogP contribution < -0.4 is 5.32 Å². The number of rotatable bonds is 2. The van der Waals surface area contributed by atoms with E-state index < -0.39 is 0 Å². The maximum atomic E-state index is 10.9. The van der Waals surface area contributed by atoms with Gasteiger partial charge in [-0.2, -0.15) is 10.3 Å². The summed E-state index contributed by atoms with van der Waals surface area (Å²) < 4.78 is 0. The van der Waals surface area contributed by atoms with Crippen LogP contribution in [0.25, 0.3) is 0 Å². The van der Waals surface area contributed by atoms with Crippen LogP contribution in [-0.2, 0) is 4.79 Å². The Balaban J connectivity index is 1.92. The Bertz CT molecular complexity index is 404. The zero-order chi connectivity index (χ0) is 11.0. The lowest BCUT2D eigenvalue weighted by Gasteiger charge is -2.45. The van der Waals surface area contributed by atoms with E-state index >= 15 is 0 Å². The highest BCUT2D eigenvalue weighted by Crippen LogP contribution is 2.34. The van der Waals surface area contributed by atoms with Crippen molar-refractivity contribution in [1.29, 1.82) is 5.26 Å². The number of aliphatic imine (C=N–C) groups is 1. The van der Waals surface area contributed by atoms with E-state index in [1.807, 2.05) is 18.0 Å². The van der Waals surface area contributed by atoms with Crippen molar-refractivity contribution in [3.63, 3.8) is 0 Å². The van der Waals surface area contributed by atoms with Crippen LogP contribution in [-0.4, -0.2) is 36.3 Å². The monoisotopic (exact) mass is 204 g/mol. The van der Waals surface area contributed by atoms with E-state index in [0.717, 1.165) is 6.54 Å². The molecule has 1 aliphatic carbocycles. The van der Waals surface area contributed by atoms with E-state index in [1.54, 1.807) is 13.1 Å². The van der Waals surface area contributed by atoms with E-state index in [1.165, 1.54) is 5.57 Å². The molecular formula is C10H12N4O. The van der Waals surface area contributed by atoms with Crippen molar-refractivity contribution >= 4 is 11.7 Å². The number of nitrogens with one attached hydrogen (secondary N) is 1. The third-order valence-electron chi connectivity index (χ3n) is 2.94. The van der Waals surface area contributed by atoms with Gasteiger partial charge in [0.15, 0.2) is 0 Å². The normalized spacial score (nSPS) is 27.7. The van der Waals surface area contributed by atoms with Gasteiger partial charge in [-0.1, -0.05) is 6.08 Å². The zero-order valence-corrected chi connectivity index (χ0v) is 8.69. The van der Waals surface area contributed by atoms with Gasteiger partial charge in [0.05, 0.1) is 12.0 Å². The number of carbonyl (C=O) groups excluding carboxylic acids is 1. The Labute approximate surface area is 88.1 Å². The van der Waals surface area contributed by atoms with Crippen molar-refractivity contribution in [3.05, 3.63) is 11.6 Å². The molecule has 1 N–H and O–H groups in total. The summed E-state index contributed by atoms with van der Waals surface area (Å²) in [6.45, 7) is 2.51. The average molecular weight is 204 g/mol. The summed E-state index contributed by atoms with van der Waals surface area (Å²) in [5, 5.41) is 11.2.